The predicted octanol–water partition coefficient (Wildman–Crippen LogP) is 1.84. The molecule has 5 heteroatoms. The third kappa shape index (κ3) is 4.49. The molecule has 5 nitrogen and oxygen atoms in total. The number of aromatic nitrogens is 1. The fourth-order valence-corrected chi connectivity index (χ4v) is 2.03. The number of methoxy groups -OCH3 is 1. The van der Waals surface area contributed by atoms with E-state index in [1.165, 1.54) is 0 Å². The Hall–Kier alpha value is -2.56. The van der Waals surface area contributed by atoms with Crippen LogP contribution in [-0.4, -0.2) is 31.6 Å². The molecular weight excluding hydrogens is 266 g/mol. The zero-order chi connectivity index (χ0) is 14.9. The lowest BCUT2D eigenvalue weighted by Crippen LogP contribution is -2.31. The van der Waals surface area contributed by atoms with Gasteiger partial charge in [-0.2, -0.15) is 0 Å². The molecule has 0 aliphatic heterocycles. The minimum absolute atomic E-state index is 0.580. The molecule has 1 heterocycles. The number of nitrogens with one attached hydrogen (secondary N) is 1. The zero-order valence-corrected chi connectivity index (χ0v) is 12.0. The van der Waals surface area contributed by atoms with Gasteiger partial charge in [0.1, 0.15) is 11.6 Å². The number of carbonyl (C=O) groups is 1. The number of hydrogen-bond acceptors (Lipinski definition) is 4. The molecule has 0 unspecified atom stereocenters. The highest BCUT2D eigenvalue weighted by Gasteiger charge is 2.08. The van der Waals surface area contributed by atoms with Crippen molar-refractivity contribution in [2.45, 2.75) is 6.54 Å². The van der Waals surface area contributed by atoms with Crippen LogP contribution in [0, 0.1) is 0 Å². The summed E-state index contributed by atoms with van der Waals surface area (Å²) in [5, 5.41) is 2.68. The summed E-state index contributed by atoms with van der Waals surface area (Å²) in [4.78, 5) is 16.9. The van der Waals surface area contributed by atoms with Crippen LogP contribution >= 0.6 is 0 Å². The largest absolute Gasteiger partial charge is 0.497 e. The van der Waals surface area contributed by atoms with E-state index in [1.807, 2.05) is 42.5 Å². The van der Waals surface area contributed by atoms with Crippen molar-refractivity contribution in [2.24, 2.45) is 0 Å². The number of anilines is 1. The maximum Gasteiger partial charge on any atom is 0.207 e. The van der Waals surface area contributed by atoms with Crippen molar-refractivity contribution in [1.82, 2.24) is 10.3 Å². The number of nitrogens with zero attached hydrogens (tertiary/aromatic N) is 2. The average Bonchev–Trinajstić information content (AvgIpc) is 2.55. The Bertz CT molecular complexity index is 543. The molecule has 0 saturated heterocycles. The van der Waals surface area contributed by atoms with E-state index >= 15 is 0 Å². The van der Waals surface area contributed by atoms with E-state index in [0.717, 1.165) is 23.7 Å². The van der Waals surface area contributed by atoms with Gasteiger partial charge in [-0.05, 0) is 29.8 Å². The summed E-state index contributed by atoms with van der Waals surface area (Å²) in [5.41, 5.74) is 1.16. The van der Waals surface area contributed by atoms with Crippen LogP contribution in [0.1, 0.15) is 5.56 Å². The van der Waals surface area contributed by atoms with Gasteiger partial charge in [-0.3, -0.25) is 4.79 Å². The standard InChI is InChI=1S/C16H19N3O2/c1-21-15-7-5-14(6-8-15)12-19(11-10-17-13-20)16-4-2-3-9-18-16/h2-9,13H,10-12H2,1H3,(H,17,20). The van der Waals surface area contributed by atoms with Gasteiger partial charge in [0.05, 0.1) is 7.11 Å². The van der Waals surface area contributed by atoms with E-state index < -0.39 is 0 Å². The molecule has 0 spiro atoms. The second-order valence-corrected chi connectivity index (χ2v) is 4.53. The van der Waals surface area contributed by atoms with Gasteiger partial charge in [0.2, 0.25) is 6.41 Å². The first-order valence-corrected chi connectivity index (χ1v) is 6.79. The Morgan fingerprint density at radius 2 is 2.05 bits per heavy atom. The molecule has 1 amide bonds. The molecule has 0 aliphatic rings. The molecule has 1 aromatic carbocycles. The third-order valence-corrected chi connectivity index (χ3v) is 3.12. The SMILES string of the molecule is COc1ccc(CN(CCNC=O)c2ccccn2)cc1. The topological polar surface area (TPSA) is 54.5 Å². The number of rotatable bonds is 8. The summed E-state index contributed by atoms with van der Waals surface area (Å²) in [6.45, 7) is 2.00. The van der Waals surface area contributed by atoms with Crippen LogP contribution < -0.4 is 15.0 Å². The van der Waals surface area contributed by atoms with Crippen LogP contribution in [0.4, 0.5) is 5.82 Å². The van der Waals surface area contributed by atoms with Crippen LogP contribution in [-0.2, 0) is 11.3 Å². The highest BCUT2D eigenvalue weighted by atomic mass is 16.5. The number of amides is 1. The fraction of sp³-hybridized carbons (Fsp3) is 0.250. The molecule has 1 N–H and O–H groups in total. The van der Waals surface area contributed by atoms with Crippen LogP contribution in [0.15, 0.2) is 48.7 Å². The number of ether oxygens (including phenoxy) is 1. The van der Waals surface area contributed by atoms with Gasteiger partial charge in [-0.1, -0.05) is 18.2 Å². The summed E-state index contributed by atoms with van der Waals surface area (Å²) in [5.74, 6) is 1.73. The van der Waals surface area contributed by atoms with Crippen molar-refractivity contribution in [2.75, 3.05) is 25.1 Å². The van der Waals surface area contributed by atoms with Crippen LogP contribution in [0.5, 0.6) is 5.75 Å². The summed E-state index contributed by atoms with van der Waals surface area (Å²) < 4.78 is 5.16. The second kappa shape index (κ2) is 7.89. The minimum atomic E-state index is 0.580. The first kappa shape index (κ1) is 14.8. The smallest absolute Gasteiger partial charge is 0.207 e. The summed E-state index contributed by atoms with van der Waals surface area (Å²) in [7, 11) is 1.65. The van der Waals surface area contributed by atoms with E-state index in [1.54, 1.807) is 13.3 Å². The Balaban J connectivity index is 2.08. The summed E-state index contributed by atoms with van der Waals surface area (Å²) in [6, 6.07) is 13.7. The van der Waals surface area contributed by atoms with E-state index in [-0.39, 0.29) is 0 Å². The lowest BCUT2D eigenvalue weighted by atomic mass is 10.2. The van der Waals surface area contributed by atoms with Crippen LogP contribution in [0.25, 0.3) is 0 Å². The average molecular weight is 285 g/mol. The van der Waals surface area contributed by atoms with Crippen molar-refractivity contribution >= 4 is 12.2 Å². The van der Waals surface area contributed by atoms with Gasteiger partial charge in [0, 0.05) is 25.8 Å². The monoisotopic (exact) mass is 285 g/mol. The normalized spacial score (nSPS) is 9.95. The van der Waals surface area contributed by atoms with Crippen molar-refractivity contribution in [3.8, 4) is 5.75 Å². The van der Waals surface area contributed by atoms with Gasteiger partial charge < -0.3 is 15.0 Å². The number of hydrogen-bond donors (Lipinski definition) is 1. The molecule has 0 bridgehead atoms. The van der Waals surface area contributed by atoms with Crippen LogP contribution in [0.2, 0.25) is 0 Å². The molecule has 21 heavy (non-hydrogen) atoms. The highest BCUT2D eigenvalue weighted by molar-refractivity contribution is 5.46. The van der Waals surface area contributed by atoms with E-state index in [4.69, 9.17) is 4.74 Å². The van der Waals surface area contributed by atoms with Crippen LogP contribution in [0.3, 0.4) is 0 Å². The Morgan fingerprint density at radius 1 is 1.24 bits per heavy atom. The quantitative estimate of drug-likeness (QED) is 0.594. The van der Waals surface area contributed by atoms with Crippen molar-refractivity contribution in [3.05, 3.63) is 54.2 Å². The third-order valence-electron chi connectivity index (χ3n) is 3.12. The molecule has 2 rings (SSSR count). The first-order valence-electron chi connectivity index (χ1n) is 6.79. The molecule has 0 radical (unpaired) electrons. The van der Waals surface area contributed by atoms with Gasteiger partial charge in [-0.15, -0.1) is 0 Å². The second-order valence-electron chi connectivity index (χ2n) is 4.53. The van der Waals surface area contributed by atoms with E-state index in [9.17, 15) is 4.79 Å². The van der Waals surface area contributed by atoms with Gasteiger partial charge >= 0.3 is 0 Å². The number of carbonyl (C=O) groups excluding carboxylic acids is 1. The molecule has 0 saturated carbocycles. The minimum Gasteiger partial charge on any atom is -0.497 e. The number of pyridine rings is 1. The molecule has 0 aliphatic carbocycles. The maximum atomic E-state index is 10.4. The zero-order valence-electron chi connectivity index (χ0n) is 12.0. The molecule has 0 fully saturated rings. The molecule has 1 aromatic heterocycles. The number of benzene rings is 1. The molecule has 110 valence electrons. The summed E-state index contributed by atoms with van der Waals surface area (Å²) >= 11 is 0. The van der Waals surface area contributed by atoms with Gasteiger partial charge in [0.25, 0.3) is 0 Å². The fourth-order valence-electron chi connectivity index (χ4n) is 2.03. The first-order chi connectivity index (χ1) is 10.3. The Kier molecular flexibility index (Phi) is 5.58. The summed E-state index contributed by atoms with van der Waals surface area (Å²) in [6.07, 6.45) is 2.48. The highest BCUT2D eigenvalue weighted by Crippen LogP contribution is 2.16. The Morgan fingerprint density at radius 3 is 2.67 bits per heavy atom. The molecule has 0 atom stereocenters. The lowest BCUT2D eigenvalue weighted by Gasteiger charge is -2.23. The molecular formula is C16H19N3O2. The van der Waals surface area contributed by atoms with Crippen molar-refractivity contribution in [3.63, 3.8) is 0 Å². The molecule has 2 aromatic rings. The van der Waals surface area contributed by atoms with Crippen molar-refractivity contribution < 1.29 is 9.53 Å². The lowest BCUT2D eigenvalue weighted by molar-refractivity contribution is -0.109. The van der Waals surface area contributed by atoms with Gasteiger partial charge in [-0.25, -0.2) is 4.98 Å². The van der Waals surface area contributed by atoms with E-state index in [0.29, 0.717) is 19.5 Å². The van der Waals surface area contributed by atoms with Gasteiger partial charge in [0.15, 0.2) is 0 Å². The van der Waals surface area contributed by atoms with Crippen molar-refractivity contribution in [1.29, 1.82) is 0 Å². The maximum absolute atomic E-state index is 10.4. The Labute approximate surface area is 124 Å². The van der Waals surface area contributed by atoms with E-state index in [2.05, 4.69) is 15.2 Å². The predicted molar refractivity (Wildman–Crippen MR) is 82.3 cm³/mol.